The van der Waals surface area contributed by atoms with Crippen molar-refractivity contribution >= 4 is 5.91 Å². The lowest BCUT2D eigenvalue weighted by molar-refractivity contribution is 0.0588. The van der Waals surface area contributed by atoms with Crippen LogP contribution < -0.4 is 0 Å². The summed E-state index contributed by atoms with van der Waals surface area (Å²) >= 11 is 0. The summed E-state index contributed by atoms with van der Waals surface area (Å²) in [7, 11) is 0. The zero-order chi connectivity index (χ0) is 15.4. The first-order valence-corrected chi connectivity index (χ1v) is 7.23. The van der Waals surface area contributed by atoms with Gasteiger partial charge < -0.3 is 10.0 Å². The SMILES string of the molecule is CC1CCN(C(=O)c2ccc(F)cc2C#CCO)C(C)C1. The van der Waals surface area contributed by atoms with Gasteiger partial charge in [0.15, 0.2) is 0 Å². The predicted molar refractivity (Wildman–Crippen MR) is 79.3 cm³/mol. The lowest BCUT2D eigenvalue weighted by atomic mass is 9.92. The molecular formula is C17H20FNO2. The van der Waals surface area contributed by atoms with E-state index in [4.69, 9.17) is 5.11 Å². The van der Waals surface area contributed by atoms with Gasteiger partial charge in [-0.3, -0.25) is 4.79 Å². The van der Waals surface area contributed by atoms with Crippen molar-refractivity contribution in [2.75, 3.05) is 13.2 Å². The highest BCUT2D eigenvalue weighted by molar-refractivity contribution is 5.97. The molecule has 1 heterocycles. The summed E-state index contributed by atoms with van der Waals surface area (Å²) in [4.78, 5) is 14.5. The Morgan fingerprint density at radius 1 is 1.48 bits per heavy atom. The van der Waals surface area contributed by atoms with Crippen LogP contribution in [0.4, 0.5) is 4.39 Å². The van der Waals surface area contributed by atoms with Crippen molar-refractivity contribution in [3.8, 4) is 11.8 Å². The van der Waals surface area contributed by atoms with Crippen LogP contribution in [0.5, 0.6) is 0 Å². The first-order chi connectivity index (χ1) is 10.0. The number of halogens is 1. The van der Waals surface area contributed by atoms with Crippen molar-refractivity contribution in [1.82, 2.24) is 4.90 Å². The Hall–Kier alpha value is -1.86. The zero-order valence-corrected chi connectivity index (χ0v) is 12.4. The van der Waals surface area contributed by atoms with E-state index >= 15 is 0 Å². The molecule has 4 heteroatoms. The number of hydrogen-bond acceptors (Lipinski definition) is 2. The van der Waals surface area contributed by atoms with Gasteiger partial charge in [0, 0.05) is 18.2 Å². The molecule has 1 aliphatic heterocycles. The first kappa shape index (κ1) is 15.5. The molecule has 2 rings (SSSR count). The van der Waals surface area contributed by atoms with Crippen LogP contribution in [0.2, 0.25) is 0 Å². The molecular weight excluding hydrogens is 269 g/mol. The van der Waals surface area contributed by atoms with Gasteiger partial charge in [0.05, 0.1) is 5.56 Å². The van der Waals surface area contributed by atoms with E-state index in [1.807, 2.05) is 11.8 Å². The summed E-state index contributed by atoms with van der Waals surface area (Å²) < 4.78 is 13.4. The van der Waals surface area contributed by atoms with Crippen molar-refractivity contribution in [3.63, 3.8) is 0 Å². The Bertz CT molecular complexity index is 588. The van der Waals surface area contributed by atoms with E-state index in [0.717, 1.165) is 12.8 Å². The number of aliphatic hydroxyl groups excluding tert-OH is 1. The number of amides is 1. The molecule has 21 heavy (non-hydrogen) atoms. The van der Waals surface area contributed by atoms with Crippen molar-refractivity contribution in [2.45, 2.75) is 32.7 Å². The molecule has 1 saturated heterocycles. The molecule has 2 unspecified atom stereocenters. The quantitative estimate of drug-likeness (QED) is 0.807. The van der Waals surface area contributed by atoms with E-state index in [-0.39, 0.29) is 18.6 Å². The number of carbonyl (C=O) groups is 1. The van der Waals surface area contributed by atoms with Crippen molar-refractivity contribution < 1.29 is 14.3 Å². The smallest absolute Gasteiger partial charge is 0.255 e. The Morgan fingerprint density at radius 2 is 2.24 bits per heavy atom. The van der Waals surface area contributed by atoms with Crippen LogP contribution in [0.3, 0.4) is 0 Å². The van der Waals surface area contributed by atoms with Crippen molar-refractivity contribution in [2.24, 2.45) is 5.92 Å². The van der Waals surface area contributed by atoms with E-state index < -0.39 is 5.82 Å². The highest BCUT2D eigenvalue weighted by Crippen LogP contribution is 2.24. The molecule has 0 aliphatic carbocycles. The van der Waals surface area contributed by atoms with Crippen LogP contribution in [0.15, 0.2) is 18.2 Å². The Labute approximate surface area is 124 Å². The van der Waals surface area contributed by atoms with Crippen molar-refractivity contribution in [1.29, 1.82) is 0 Å². The minimum Gasteiger partial charge on any atom is -0.384 e. The summed E-state index contributed by atoms with van der Waals surface area (Å²) in [5.74, 6) is 5.20. The molecule has 1 N–H and O–H groups in total. The second-order valence-electron chi connectivity index (χ2n) is 5.63. The van der Waals surface area contributed by atoms with Crippen LogP contribution in [-0.2, 0) is 0 Å². The fourth-order valence-corrected chi connectivity index (χ4v) is 2.80. The van der Waals surface area contributed by atoms with Gasteiger partial charge in [-0.15, -0.1) is 0 Å². The minimum absolute atomic E-state index is 0.114. The molecule has 0 aromatic heterocycles. The fraction of sp³-hybridized carbons (Fsp3) is 0.471. The van der Waals surface area contributed by atoms with Gasteiger partial charge >= 0.3 is 0 Å². The maximum atomic E-state index is 13.4. The predicted octanol–water partition coefficient (Wildman–Crippen LogP) is 2.43. The second kappa shape index (κ2) is 6.73. The van der Waals surface area contributed by atoms with Crippen LogP contribution in [0, 0.1) is 23.6 Å². The lowest BCUT2D eigenvalue weighted by Crippen LogP contribution is -2.44. The summed E-state index contributed by atoms with van der Waals surface area (Å²) in [6.07, 6.45) is 1.96. The third-order valence-electron chi connectivity index (χ3n) is 3.91. The Morgan fingerprint density at radius 3 is 2.90 bits per heavy atom. The summed E-state index contributed by atoms with van der Waals surface area (Å²) in [6.45, 7) is 4.62. The molecule has 1 aromatic rings. The largest absolute Gasteiger partial charge is 0.384 e. The van der Waals surface area contributed by atoms with E-state index in [1.165, 1.54) is 18.2 Å². The standard InChI is InChI=1S/C17H20FNO2/c1-12-7-8-19(13(2)10-12)17(21)16-6-5-15(18)11-14(16)4-3-9-20/h5-6,11-13,20H,7-10H2,1-2H3. The van der Waals surface area contributed by atoms with Crippen molar-refractivity contribution in [3.05, 3.63) is 35.1 Å². The molecule has 3 nitrogen and oxygen atoms in total. The number of hydrogen-bond donors (Lipinski definition) is 1. The topological polar surface area (TPSA) is 40.5 Å². The number of rotatable bonds is 1. The second-order valence-corrected chi connectivity index (χ2v) is 5.63. The number of benzene rings is 1. The molecule has 0 saturated carbocycles. The van der Waals surface area contributed by atoms with Gasteiger partial charge in [0.25, 0.3) is 5.91 Å². The van der Waals surface area contributed by atoms with Gasteiger partial charge in [0.2, 0.25) is 0 Å². The maximum absolute atomic E-state index is 13.4. The van der Waals surface area contributed by atoms with Crippen LogP contribution in [-0.4, -0.2) is 35.1 Å². The van der Waals surface area contributed by atoms with Gasteiger partial charge in [-0.1, -0.05) is 18.8 Å². The molecule has 1 amide bonds. The average molecular weight is 289 g/mol. The first-order valence-electron chi connectivity index (χ1n) is 7.23. The molecule has 0 spiro atoms. The van der Waals surface area contributed by atoms with E-state index in [2.05, 4.69) is 18.8 Å². The molecule has 1 fully saturated rings. The Kier molecular flexibility index (Phi) is 4.98. The number of likely N-dealkylation sites (tertiary alicyclic amines) is 1. The summed E-state index contributed by atoms with van der Waals surface area (Å²) in [5, 5.41) is 8.78. The van der Waals surface area contributed by atoms with Gasteiger partial charge in [-0.25, -0.2) is 4.39 Å². The van der Waals surface area contributed by atoms with Crippen LogP contribution >= 0.6 is 0 Å². The summed E-state index contributed by atoms with van der Waals surface area (Å²) in [5.41, 5.74) is 0.735. The zero-order valence-electron chi connectivity index (χ0n) is 12.4. The number of carbonyl (C=O) groups excluding carboxylic acids is 1. The highest BCUT2D eigenvalue weighted by Gasteiger charge is 2.28. The van der Waals surface area contributed by atoms with Crippen LogP contribution in [0.25, 0.3) is 0 Å². The van der Waals surface area contributed by atoms with E-state index in [9.17, 15) is 9.18 Å². The van der Waals surface area contributed by atoms with E-state index in [1.54, 1.807) is 0 Å². The highest BCUT2D eigenvalue weighted by atomic mass is 19.1. The molecule has 1 aliphatic rings. The summed E-state index contributed by atoms with van der Waals surface area (Å²) in [6, 6.07) is 4.16. The van der Waals surface area contributed by atoms with Gasteiger partial charge in [-0.2, -0.15) is 0 Å². The molecule has 112 valence electrons. The van der Waals surface area contributed by atoms with Gasteiger partial charge in [-0.05, 0) is 43.9 Å². The maximum Gasteiger partial charge on any atom is 0.255 e. The third-order valence-corrected chi connectivity index (χ3v) is 3.91. The molecule has 2 atom stereocenters. The van der Waals surface area contributed by atoms with E-state index in [0.29, 0.717) is 23.6 Å². The average Bonchev–Trinajstić information content (AvgIpc) is 2.44. The number of piperidine rings is 1. The lowest BCUT2D eigenvalue weighted by Gasteiger charge is -2.36. The minimum atomic E-state index is -0.436. The van der Waals surface area contributed by atoms with Gasteiger partial charge in [0.1, 0.15) is 12.4 Å². The Balaban J connectivity index is 2.30. The number of aliphatic hydroxyl groups is 1. The van der Waals surface area contributed by atoms with Crippen LogP contribution in [0.1, 0.15) is 42.6 Å². The molecule has 1 aromatic carbocycles. The fourth-order valence-electron chi connectivity index (χ4n) is 2.80. The monoisotopic (exact) mass is 289 g/mol. The normalized spacial score (nSPS) is 21.6. The third kappa shape index (κ3) is 3.62. The number of nitrogens with zero attached hydrogens (tertiary/aromatic N) is 1. The molecule has 0 radical (unpaired) electrons. The molecule has 0 bridgehead atoms.